The minimum absolute atomic E-state index is 0.829. The molecule has 2 aliphatic rings. The van der Waals surface area contributed by atoms with Gasteiger partial charge in [0.2, 0.25) is 0 Å². The van der Waals surface area contributed by atoms with Crippen LogP contribution in [-0.4, -0.2) is 13.2 Å². The molecule has 0 saturated heterocycles. The normalized spacial score (nSPS) is 25.3. The van der Waals surface area contributed by atoms with Crippen LogP contribution in [0, 0.1) is 0 Å². The number of nitrogens with one attached hydrogen (secondary N) is 1. The van der Waals surface area contributed by atoms with Gasteiger partial charge in [-0.15, -0.1) is 0 Å². The summed E-state index contributed by atoms with van der Waals surface area (Å²) in [7, 11) is 0. The number of hydrogen-bond acceptors (Lipinski definition) is 2. The van der Waals surface area contributed by atoms with E-state index in [-0.39, 0.29) is 0 Å². The van der Waals surface area contributed by atoms with Gasteiger partial charge < -0.3 is 10.1 Å². The van der Waals surface area contributed by atoms with Crippen molar-refractivity contribution in [2.24, 2.45) is 0 Å². The first-order valence-electron chi connectivity index (χ1n) is 2.05. The maximum absolute atomic E-state index is 4.95. The maximum atomic E-state index is 4.95. The second kappa shape index (κ2) is 0.555. The highest BCUT2D eigenvalue weighted by atomic mass is 16.5. The highest BCUT2D eigenvalue weighted by molar-refractivity contribution is 5.25. The molecule has 0 amide bonds. The van der Waals surface area contributed by atoms with Crippen molar-refractivity contribution in [2.45, 2.75) is 0 Å². The minimum Gasteiger partial charge on any atom is -0.488 e. The van der Waals surface area contributed by atoms with Crippen LogP contribution in [0.15, 0.2) is 11.5 Å². The second-order valence-electron chi connectivity index (χ2n) is 1.54. The maximum Gasteiger partial charge on any atom is 0.138 e. The second-order valence-corrected chi connectivity index (χ2v) is 1.54. The summed E-state index contributed by atoms with van der Waals surface area (Å²) in [4.78, 5) is 0. The first-order valence-corrected chi connectivity index (χ1v) is 2.05. The van der Waals surface area contributed by atoms with E-state index in [4.69, 9.17) is 4.74 Å². The fourth-order valence-electron chi connectivity index (χ4n) is 0.634. The Bertz CT molecular complexity index is 90.7. The molecule has 0 saturated carbocycles. The zero-order valence-corrected chi connectivity index (χ0v) is 3.32. The topological polar surface area (TPSA) is 21.3 Å². The summed E-state index contributed by atoms with van der Waals surface area (Å²) in [6.07, 6.45) is 0. The summed E-state index contributed by atoms with van der Waals surface area (Å²) in [6.45, 7) is 1.80. The molecular weight excluding hydrogens is 78.0 g/mol. The van der Waals surface area contributed by atoms with E-state index < -0.39 is 0 Å². The quantitative estimate of drug-likeness (QED) is 0.439. The van der Waals surface area contributed by atoms with E-state index in [1.54, 1.807) is 0 Å². The van der Waals surface area contributed by atoms with E-state index in [1.165, 1.54) is 11.5 Å². The third kappa shape index (κ3) is 0.103. The van der Waals surface area contributed by atoms with Gasteiger partial charge in [0.25, 0.3) is 0 Å². The molecule has 0 radical (unpaired) electrons. The van der Waals surface area contributed by atoms with Crippen molar-refractivity contribution >= 4 is 0 Å². The molecule has 2 heteroatoms. The van der Waals surface area contributed by atoms with Crippen LogP contribution in [0.5, 0.6) is 0 Å². The molecule has 2 heterocycles. The lowest BCUT2D eigenvalue weighted by Crippen LogP contribution is -2.41. The van der Waals surface area contributed by atoms with Gasteiger partial charge in [0, 0.05) is 0 Å². The van der Waals surface area contributed by atoms with E-state index in [0.717, 1.165) is 13.2 Å². The van der Waals surface area contributed by atoms with Crippen molar-refractivity contribution in [1.29, 1.82) is 0 Å². The third-order valence-electron chi connectivity index (χ3n) is 1.19. The van der Waals surface area contributed by atoms with Crippen molar-refractivity contribution in [3.8, 4) is 0 Å². The molecule has 0 spiro atoms. The van der Waals surface area contributed by atoms with Gasteiger partial charge in [-0.25, -0.2) is 0 Å². The number of ether oxygens (including phenoxy) is 1. The lowest BCUT2D eigenvalue weighted by Gasteiger charge is -2.33. The van der Waals surface area contributed by atoms with Crippen molar-refractivity contribution in [1.82, 2.24) is 5.32 Å². The average Bonchev–Trinajstić information content (AvgIpc) is 1.54. The summed E-state index contributed by atoms with van der Waals surface area (Å²) < 4.78 is 4.95. The Kier molecular flexibility index (Phi) is 0.231. The summed E-state index contributed by atoms with van der Waals surface area (Å²) in [6, 6.07) is 0. The van der Waals surface area contributed by atoms with Gasteiger partial charge in [0.05, 0.1) is 12.2 Å². The van der Waals surface area contributed by atoms with Crippen LogP contribution in [0.4, 0.5) is 0 Å². The first kappa shape index (κ1) is 2.50. The Morgan fingerprint density at radius 1 is 1.67 bits per heavy atom. The fraction of sp³-hybridized carbons (Fsp3) is 0.500. The van der Waals surface area contributed by atoms with E-state index >= 15 is 0 Å². The molecule has 2 aliphatic heterocycles. The molecule has 0 aromatic carbocycles. The van der Waals surface area contributed by atoms with Gasteiger partial charge in [-0.05, 0) is 0 Å². The predicted molar refractivity (Wildman–Crippen MR) is 21.0 cm³/mol. The van der Waals surface area contributed by atoms with Crippen LogP contribution in [0.1, 0.15) is 0 Å². The van der Waals surface area contributed by atoms with E-state index in [1.807, 2.05) is 0 Å². The lowest BCUT2D eigenvalue weighted by atomic mass is 10.2. The Balaban J connectivity index is 2.41. The first-order chi connectivity index (χ1) is 2.97. The predicted octanol–water partition coefficient (Wildman–Crippen LogP) is -0.169. The lowest BCUT2D eigenvalue weighted by molar-refractivity contribution is 0.128. The summed E-state index contributed by atoms with van der Waals surface area (Å²) in [5.41, 5.74) is 1.31. The van der Waals surface area contributed by atoms with Crippen molar-refractivity contribution in [3.05, 3.63) is 11.5 Å². The van der Waals surface area contributed by atoms with Gasteiger partial charge in [-0.3, -0.25) is 0 Å². The molecule has 2 rings (SSSR count). The monoisotopic (exact) mass is 83.0 g/mol. The van der Waals surface area contributed by atoms with Crippen molar-refractivity contribution in [2.75, 3.05) is 13.2 Å². The highest BCUT2D eigenvalue weighted by Gasteiger charge is 2.26. The Labute approximate surface area is 35.8 Å². The molecule has 1 N–H and O–H groups in total. The number of rotatable bonds is 0. The molecule has 0 bridgehead atoms. The number of hydrogen-bond donors (Lipinski definition) is 1. The van der Waals surface area contributed by atoms with E-state index in [9.17, 15) is 0 Å². The molecule has 0 aromatic rings. The Morgan fingerprint density at radius 3 is 2.50 bits per heavy atom. The van der Waals surface area contributed by atoms with Crippen LogP contribution in [0.25, 0.3) is 0 Å². The SMILES string of the molecule is C1OC2=C1NC2. The molecule has 2 nitrogen and oxygen atoms in total. The van der Waals surface area contributed by atoms with Gasteiger partial charge in [-0.2, -0.15) is 0 Å². The third-order valence-corrected chi connectivity index (χ3v) is 1.19. The molecule has 0 fully saturated rings. The van der Waals surface area contributed by atoms with Gasteiger partial charge in [0.15, 0.2) is 0 Å². The molecule has 32 valence electrons. The average molecular weight is 83.1 g/mol. The van der Waals surface area contributed by atoms with Crippen molar-refractivity contribution < 1.29 is 4.74 Å². The molecule has 0 aliphatic carbocycles. The standard InChI is InChI=1S/C4H5NO/c1-4-3(5-1)2-6-4/h5H,1-2H2. The van der Waals surface area contributed by atoms with Crippen LogP contribution in [0.3, 0.4) is 0 Å². The van der Waals surface area contributed by atoms with Crippen molar-refractivity contribution in [3.63, 3.8) is 0 Å². The zero-order valence-electron chi connectivity index (χ0n) is 3.32. The molecule has 0 atom stereocenters. The van der Waals surface area contributed by atoms with E-state index in [2.05, 4.69) is 5.32 Å². The van der Waals surface area contributed by atoms with Gasteiger partial charge in [0.1, 0.15) is 12.4 Å². The smallest absolute Gasteiger partial charge is 0.138 e. The molecule has 0 unspecified atom stereocenters. The van der Waals surface area contributed by atoms with E-state index in [0.29, 0.717) is 0 Å². The summed E-state index contributed by atoms with van der Waals surface area (Å²) in [5, 5.41) is 3.10. The fourth-order valence-corrected chi connectivity index (χ4v) is 0.634. The largest absolute Gasteiger partial charge is 0.488 e. The number of morpholine rings is 1. The van der Waals surface area contributed by atoms with Crippen LogP contribution in [0.2, 0.25) is 0 Å². The van der Waals surface area contributed by atoms with Crippen LogP contribution < -0.4 is 5.32 Å². The molecular formula is C4H5NO. The Hall–Kier alpha value is -0.660. The van der Waals surface area contributed by atoms with Crippen LogP contribution in [-0.2, 0) is 4.74 Å². The molecule has 0 aromatic heterocycles. The molecule has 6 heavy (non-hydrogen) atoms. The summed E-state index contributed by atoms with van der Waals surface area (Å²) >= 11 is 0. The Morgan fingerprint density at radius 2 is 2.50 bits per heavy atom. The highest BCUT2D eigenvalue weighted by Crippen LogP contribution is 2.21. The van der Waals surface area contributed by atoms with Gasteiger partial charge >= 0.3 is 0 Å². The zero-order chi connectivity index (χ0) is 3.98. The van der Waals surface area contributed by atoms with Crippen LogP contribution >= 0.6 is 0 Å². The minimum atomic E-state index is 0.829. The summed E-state index contributed by atoms with van der Waals surface area (Å²) in [5.74, 6) is 1.18. The van der Waals surface area contributed by atoms with Gasteiger partial charge in [-0.1, -0.05) is 0 Å².